The zero-order chi connectivity index (χ0) is 13.3. The van der Waals surface area contributed by atoms with Gasteiger partial charge in [-0.15, -0.1) is 0 Å². The number of aliphatic hydroxyl groups excluding tert-OH is 1. The Morgan fingerprint density at radius 3 is 2.00 bits per heavy atom. The summed E-state index contributed by atoms with van der Waals surface area (Å²) < 4.78 is 13.1. The van der Waals surface area contributed by atoms with E-state index in [4.69, 9.17) is 0 Å². The molecule has 2 heteroatoms. The maximum atomic E-state index is 13.1. The summed E-state index contributed by atoms with van der Waals surface area (Å²) in [6.45, 7) is 5.81. The molecule has 0 amide bonds. The molecule has 0 saturated heterocycles. The topological polar surface area (TPSA) is 20.2 Å². The third-order valence-corrected chi connectivity index (χ3v) is 3.25. The molecule has 18 heavy (non-hydrogen) atoms. The minimum atomic E-state index is -0.703. The Morgan fingerprint density at radius 2 is 1.44 bits per heavy atom. The van der Waals surface area contributed by atoms with Gasteiger partial charge in [-0.05, 0) is 55.2 Å². The van der Waals surface area contributed by atoms with Crippen LogP contribution in [0, 0.1) is 26.6 Å². The molecule has 0 aromatic heterocycles. The van der Waals surface area contributed by atoms with Crippen LogP contribution in [0.15, 0.2) is 36.4 Å². The number of hydrogen-bond donors (Lipinski definition) is 1. The van der Waals surface area contributed by atoms with E-state index in [1.54, 1.807) is 6.07 Å². The average Bonchev–Trinajstić information content (AvgIpc) is 2.28. The second-order valence-corrected chi connectivity index (χ2v) is 4.76. The first-order valence-electron chi connectivity index (χ1n) is 6.00. The van der Waals surface area contributed by atoms with E-state index in [0.29, 0.717) is 0 Å². The molecule has 0 aliphatic heterocycles. The van der Waals surface area contributed by atoms with E-state index in [1.165, 1.54) is 17.7 Å². The number of aliphatic hydroxyl groups is 1. The van der Waals surface area contributed by atoms with E-state index >= 15 is 0 Å². The highest BCUT2D eigenvalue weighted by Gasteiger charge is 2.15. The number of halogens is 1. The fourth-order valence-corrected chi connectivity index (χ4v) is 2.25. The van der Waals surface area contributed by atoms with Gasteiger partial charge in [-0.1, -0.05) is 29.8 Å². The van der Waals surface area contributed by atoms with Gasteiger partial charge in [0.05, 0.1) is 0 Å². The monoisotopic (exact) mass is 244 g/mol. The van der Waals surface area contributed by atoms with E-state index in [0.717, 1.165) is 22.3 Å². The summed E-state index contributed by atoms with van der Waals surface area (Å²) in [5.74, 6) is -0.274. The van der Waals surface area contributed by atoms with E-state index in [1.807, 2.05) is 39.0 Å². The van der Waals surface area contributed by atoms with Crippen LogP contribution in [0.5, 0.6) is 0 Å². The molecular formula is C16H17FO. The number of rotatable bonds is 2. The van der Waals surface area contributed by atoms with Crippen LogP contribution in [0.2, 0.25) is 0 Å². The van der Waals surface area contributed by atoms with Crippen molar-refractivity contribution in [2.75, 3.05) is 0 Å². The van der Waals surface area contributed by atoms with Gasteiger partial charge >= 0.3 is 0 Å². The van der Waals surface area contributed by atoms with Crippen LogP contribution < -0.4 is 0 Å². The van der Waals surface area contributed by atoms with Crippen molar-refractivity contribution in [3.05, 3.63) is 70.0 Å². The maximum absolute atomic E-state index is 13.1. The molecule has 0 bridgehead atoms. The van der Waals surface area contributed by atoms with Crippen molar-refractivity contribution in [1.29, 1.82) is 0 Å². The van der Waals surface area contributed by atoms with Gasteiger partial charge in [-0.2, -0.15) is 0 Å². The summed E-state index contributed by atoms with van der Waals surface area (Å²) in [6.07, 6.45) is -0.703. The Morgan fingerprint density at radius 1 is 0.889 bits per heavy atom. The normalized spacial score (nSPS) is 12.5. The molecule has 0 heterocycles. The second kappa shape index (κ2) is 4.91. The van der Waals surface area contributed by atoms with Crippen LogP contribution in [0.25, 0.3) is 0 Å². The Bertz CT molecular complexity index is 524. The van der Waals surface area contributed by atoms with E-state index in [-0.39, 0.29) is 5.82 Å². The van der Waals surface area contributed by atoms with E-state index in [9.17, 15) is 9.50 Å². The molecule has 0 radical (unpaired) electrons. The van der Waals surface area contributed by atoms with E-state index in [2.05, 4.69) is 0 Å². The molecule has 0 aliphatic rings. The fraction of sp³-hybridized carbons (Fsp3) is 0.250. The lowest BCUT2D eigenvalue weighted by Crippen LogP contribution is -2.04. The summed E-state index contributed by atoms with van der Waals surface area (Å²) >= 11 is 0. The Hall–Kier alpha value is -1.67. The lowest BCUT2D eigenvalue weighted by Gasteiger charge is -2.17. The zero-order valence-electron chi connectivity index (χ0n) is 10.9. The van der Waals surface area contributed by atoms with E-state index < -0.39 is 6.10 Å². The number of benzene rings is 2. The van der Waals surface area contributed by atoms with Crippen LogP contribution in [-0.4, -0.2) is 5.11 Å². The molecule has 1 unspecified atom stereocenters. The van der Waals surface area contributed by atoms with Crippen molar-refractivity contribution < 1.29 is 9.50 Å². The minimum Gasteiger partial charge on any atom is -0.384 e. The molecule has 0 aliphatic carbocycles. The lowest BCUT2D eigenvalue weighted by atomic mass is 9.93. The van der Waals surface area contributed by atoms with Crippen molar-refractivity contribution in [1.82, 2.24) is 0 Å². The van der Waals surface area contributed by atoms with Gasteiger partial charge in [0, 0.05) is 0 Å². The maximum Gasteiger partial charge on any atom is 0.123 e. The molecule has 0 saturated carbocycles. The van der Waals surface area contributed by atoms with Crippen molar-refractivity contribution in [3.63, 3.8) is 0 Å². The Balaban J connectivity index is 2.44. The molecule has 2 aromatic rings. The highest BCUT2D eigenvalue weighted by molar-refractivity contribution is 5.40. The first-order valence-corrected chi connectivity index (χ1v) is 6.00. The van der Waals surface area contributed by atoms with Crippen molar-refractivity contribution in [2.45, 2.75) is 26.9 Å². The van der Waals surface area contributed by atoms with Crippen LogP contribution in [0.3, 0.4) is 0 Å². The quantitative estimate of drug-likeness (QED) is 0.851. The first kappa shape index (κ1) is 12.8. The first-order chi connectivity index (χ1) is 8.49. The highest BCUT2D eigenvalue weighted by atomic mass is 19.1. The predicted molar refractivity (Wildman–Crippen MR) is 71.1 cm³/mol. The van der Waals surface area contributed by atoms with Gasteiger partial charge < -0.3 is 5.11 Å². The fourth-order valence-electron chi connectivity index (χ4n) is 2.25. The molecular weight excluding hydrogens is 227 g/mol. The Labute approximate surface area is 107 Å². The lowest BCUT2D eigenvalue weighted by molar-refractivity contribution is 0.218. The van der Waals surface area contributed by atoms with Crippen LogP contribution in [0.4, 0.5) is 4.39 Å². The summed E-state index contributed by atoms with van der Waals surface area (Å²) in [6, 6.07) is 10.4. The summed E-state index contributed by atoms with van der Waals surface area (Å²) in [4.78, 5) is 0. The van der Waals surface area contributed by atoms with Crippen LogP contribution in [-0.2, 0) is 0 Å². The summed E-state index contributed by atoms with van der Waals surface area (Å²) in [5, 5.41) is 10.4. The molecule has 1 nitrogen and oxygen atoms in total. The molecule has 2 aromatic carbocycles. The van der Waals surface area contributed by atoms with Gasteiger partial charge in [0.2, 0.25) is 0 Å². The molecule has 94 valence electrons. The van der Waals surface area contributed by atoms with Crippen LogP contribution >= 0.6 is 0 Å². The zero-order valence-corrected chi connectivity index (χ0v) is 10.9. The third-order valence-electron chi connectivity index (χ3n) is 3.25. The van der Waals surface area contributed by atoms with Gasteiger partial charge in [0.1, 0.15) is 11.9 Å². The van der Waals surface area contributed by atoms with Crippen molar-refractivity contribution >= 4 is 0 Å². The SMILES string of the molecule is Cc1ccc(C(O)c2ccc(F)cc2C)c(C)c1. The molecule has 1 N–H and O–H groups in total. The summed E-state index contributed by atoms with van der Waals surface area (Å²) in [7, 11) is 0. The number of aryl methyl sites for hydroxylation is 3. The average molecular weight is 244 g/mol. The molecule has 2 rings (SSSR count). The van der Waals surface area contributed by atoms with Gasteiger partial charge in [0.25, 0.3) is 0 Å². The summed E-state index contributed by atoms with van der Waals surface area (Å²) in [5.41, 5.74) is 4.60. The molecule has 0 spiro atoms. The van der Waals surface area contributed by atoms with Crippen LogP contribution in [0.1, 0.15) is 33.9 Å². The Kier molecular flexibility index (Phi) is 3.48. The highest BCUT2D eigenvalue weighted by Crippen LogP contribution is 2.27. The third kappa shape index (κ3) is 2.44. The second-order valence-electron chi connectivity index (χ2n) is 4.76. The van der Waals surface area contributed by atoms with Gasteiger partial charge in [0.15, 0.2) is 0 Å². The minimum absolute atomic E-state index is 0.274. The van der Waals surface area contributed by atoms with Crippen molar-refractivity contribution in [3.8, 4) is 0 Å². The molecule has 0 fully saturated rings. The van der Waals surface area contributed by atoms with Crippen molar-refractivity contribution in [2.24, 2.45) is 0 Å². The molecule has 1 atom stereocenters. The standard InChI is InChI=1S/C16H17FO/c1-10-4-6-14(11(2)8-10)16(18)15-7-5-13(17)9-12(15)3/h4-9,16,18H,1-3H3. The smallest absolute Gasteiger partial charge is 0.123 e. The largest absolute Gasteiger partial charge is 0.384 e. The number of hydrogen-bond acceptors (Lipinski definition) is 1. The van der Waals surface area contributed by atoms with Gasteiger partial charge in [-0.3, -0.25) is 0 Å². The van der Waals surface area contributed by atoms with Gasteiger partial charge in [-0.25, -0.2) is 4.39 Å². The predicted octanol–water partition coefficient (Wildman–Crippen LogP) is 3.83.